The molecule has 2 aromatic heterocycles. The summed E-state index contributed by atoms with van der Waals surface area (Å²) in [6.45, 7) is 0.286. The number of amides is 3. The highest BCUT2D eigenvalue weighted by molar-refractivity contribution is 7.22. The maximum absolute atomic E-state index is 13.6. The van der Waals surface area contributed by atoms with Crippen molar-refractivity contribution in [1.29, 1.82) is 0 Å². The number of methoxy groups -OCH3 is 1. The van der Waals surface area contributed by atoms with E-state index in [4.69, 9.17) is 4.74 Å². The standard InChI is InChI=1S/C25H20N4O4S/c1-33-19-8-9-20-21(13-19)34-25(27-20)28(15-16-3-2-12-26-14-16)24(32)17-4-6-18(7-5-17)29-22(30)10-11-23(29)31/h2-9,12-14H,10-11,15H2,1H3. The van der Waals surface area contributed by atoms with Crippen LogP contribution in [0.1, 0.15) is 28.8 Å². The molecule has 1 saturated heterocycles. The number of imide groups is 1. The van der Waals surface area contributed by atoms with Crippen LogP contribution >= 0.6 is 11.3 Å². The minimum Gasteiger partial charge on any atom is -0.497 e. The Balaban J connectivity index is 1.49. The highest BCUT2D eigenvalue weighted by Gasteiger charge is 2.30. The minimum atomic E-state index is -0.250. The first-order valence-electron chi connectivity index (χ1n) is 10.6. The van der Waals surface area contributed by atoms with Crippen molar-refractivity contribution < 1.29 is 19.1 Å². The zero-order valence-electron chi connectivity index (χ0n) is 18.3. The van der Waals surface area contributed by atoms with Gasteiger partial charge in [0.25, 0.3) is 5.91 Å². The zero-order chi connectivity index (χ0) is 23.7. The number of anilines is 2. The molecule has 0 atom stereocenters. The van der Waals surface area contributed by atoms with Crippen molar-refractivity contribution in [1.82, 2.24) is 9.97 Å². The van der Waals surface area contributed by atoms with Gasteiger partial charge in [0.15, 0.2) is 5.13 Å². The number of pyridine rings is 1. The van der Waals surface area contributed by atoms with E-state index in [9.17, 15) is 14.4 Å². The van der Waals surface area contributed by atoms with E-state index in [1.165, 1.54) is 16.2 Å². The van der Waals surface area contributed by atoms with Crippen LogP contribution in [0.25, 0.3) is 10.2 Å². The first kappa shape index (κ1) is 21.7. The minimum absolute atomic E-state index is 0.209. The second kappa shape index (κ2) is 9.03. The molecule has 1 fully saturated rings. The zero-order valence-corrected chi connectivity index (χ0v) is 19.1. The summed E-state index contributed by atoms with van der Waals surface area (Å²) in [4.78, 5) is 49.3. The van der Waals surface area contributed by atoms with E-state index in [0.717, 1.165) is 21.5 Å². The van der Waals surface area contributed by atoms with Gasteiger partial charge in [0.1, 0.15) is 5.75 Å². The molecule has 9 heteroatoms. The van der Waals surface area contributed by atoms with Crippen LogP contribution in [0.3, 0.4) is 0 Å². The van der Waals surface area contributed by atoms with Crippen molar-refractivity contribution in [3.05, 3.63) is 78.1 Å². The fourth-order valence-electron chi connectivity index (χ4n) is 3.81. The largest absolute Gasteiger partial charge is 0.497 e. The van der Waals surface area contributed by atoms with E-state index in [-0.39, 0.29) is 37.1 Å². The van der Waals surface area contributed by atoms with E-state index in [0.29, 0.717) is 16.4 Å². The second-order valence-corrected chi connectivity index (χ2v) is 8.76. The Kier molecular flexibility index (Phi) is 5.77. The first-order chi connectivity index (χ1) is 16.5. The van der Waals surface area contributed by atoms with Crippen LogP contribution in [0.4, 0.5) is 10.8 Å². The number of fused-ring (bicyclic) bond motifs is 1. The Morgan fingerprint density at radius 3 is 2.53 bits per heavy atom. The topological polar surface area (TPSA) is 92.7 Å². The molecule has 5 rings (SSSR count). The van der Waals surface area contributed by atoms with Crippen LogP contribution in [0.2, 0.25) is 0 Å². The number of thiazole rings is 1. The molecule has 4 aromatic rings. The number of hydrogen-bond acceptors (Lipinski definition) is 7. The van der Waals surface area contributed by atoms with Gasteiger partial charge in [0, 0.05) is 30.8 Å². The Labute approximate surface area is 199 Å². The van der Waals surface area contributed by atoms with E-state index < -0.39 is 0 Å². The van der Waals surface area contributed by atoms with Gasteiger partial charge in [-0.2, -0.15) is 0 Å². The summed E-state index contributed by atoms with van der Waals surface area (Å²) in [6.07, 6.45) is 3.81. The predicted octanol–water partition coefficient (Wildman–Crippen LogP) is 4.20. The number of benzene rings is 2. The van der Waals surface area contributed by atoms with Gasteiger partial charge in [-0.1, -0.05) is 17.4 Å². The molecule has 1 aliphatic rings. The second-order valence-electron chi connectivity index (χ2n) is 7.75. The van der Waals surface area contributed by atoms with Gasteiger partial charge in [-0.05, 0) is 54.1 Å². The average Bonchev–Trinajstić information content (AvgIpc) is 3.44. The molecule has 0 bridgehead atoms. The molecule has 2 aromatic carbocycles. The highest BCUT2D eigenvalue weighted by Crippen LogP contribution is 2.33. The van der Waals surface area contributed by atoms with Crippen LogP contribution < -0.4 is 14.5 Å². The molecule has 0 radical (unpaired) electrons. The molecular weight excluding hydrogens is 452 g/mol. The Morgan fingerprint density at radius 1 is 1.09 bits per heavy atom. The molecule has 1 aliphatic heterocycles. The summed E-state index contributed by atoms with van der Waals surface area (Å²) in [5.41, 5.74) is 2.52. The van der Waals surface area contributed by atoms with E-state index in [2.05, 4.69) is 9.97 Å². The number of ether oxygens (including phenoxy) is 1. The molecule has 0 aliphatic carbocycles. The molecule has 8 nitrogen and oxygen atoms in total. The lowest BCUT2D eigenvalue weighted by molar-refractivity contribution is -0.121. The quantitative estimate of drug-likeness (QED) is 0.391. The monoisotopic (exact) mass is 472 g/mol. The van der Waals surface area contributed by atoms with Gasteiger partial charge in [-0.25, -0.2) is 4.98 Å². The van der Waals surface area contributed by atoms with Crippen LogP contribution in [-0.2, 0) is 16.1 Å². The number of carbonyl (C=O) groups is 3. The third-order valence-corrected chi connectivity index (χ3v) is 6.59. The van der Waals surface area contributed by atoms with Crippen molar-refractivity contribution in [2.45, 2.75) is 19.4 Å². The van der Waals surface area contributed by atoms with Crippen LogP contribution in [-0.4, -0.2) is 34.8 Å². The third-order valence-electron chi connectivity index (χ3n) is 5.55. The average molecular weight is 473 g/mol. The van der Waals surface area contributed by atoms with Crippen molar-refractivity contribution in [3.63, 3.8) is 0 Å². The van der Waals surface area contributed by atoms with Gasteiger partial charge in [0.2, 0.25) is 11.8 Å². The van der Waals surface area contributed by atoms with Crippen LogP contribution in [0, 0.1) is 0 Å². The van der Waals surface area contributed by atoms with E-state index >= 15 is 0 Å². The summed E-state index contributed by atoms with van der Waals surface area (Å²) in [7, 11) is 1.61. The lowest BCUT2D eigenvalue weighted by Crippen LogP contribution is -2.31. The fourth-order valence-corrected chi connectivity index (χ4v) is 4.80. The van der Waals surface area contributed by atoms with Crippen molar-refractivity contribution in [3.8, 4) is 5.75 Å². The van der Waals surface area contributed by atoms with Crippen LogP contribution in [0.5, 0.6) is 5.75 Å². The number of carbonyl (C=O) groups excluding carboxylic acids is 3. The van der Waals surface area contributed by atoms with Crippen molar-refractivity contribution >= 4 is 50.1 Å². The molecule has 3 amide bonds. The highest BCUT2D eigenvalue weighted by atomic mass is 32.1. The van der Waals surface area contributed by atoms with Gasteiger partial charge in [0.05, 0.1) is 29.6 Å². The first-order valence-corrected chi connectivity index (χ1v) is 11.5. The molecule has 0 saturated carbocycles. The summed E-state index contributed by atoms with van der Waals surface area (Å²) in [6, 6.07) is 15.8. The number of nitrogens with zero attached hydrogens (tertiary/aromatic N) is 4. The van der Waals surface area contributed by atoms with Gasteiger partial charge in [-0.15, -0.1) is 0 Å². The van der Waals surface area contributed by atoms with Gasteiger partial charge >= 0.3 is 0 Å². The molecule has 3 heterocycles. The summed E-state index contributed by atoms with van der Waals surface area (Å²) >= 11 is 1.40. The maximum atomic E-state index is 13.6. The van der Waals surface area contributed by atoms with Crippen molar-refractivity contribution in [2.24, 2.45) is 0 Å². The number of hydrogen-bond donors (Lipinski definition) is 0. The summed E-state index contributed by atoms with van der Waals surface area (Å²) in [5, 5.41) is 0.547. The van der Waals surface area contributed by atoms with E-state index in [1.54, 1.807) is 48.7 Å². The molecule has 0 spiro atoms. The smallest absolute Gasteiger partial charge is 0.260 e. The third kappa shape index (κ3) is 4.13. The molecule has 0 N–H and O–H groups in total. The van der Waals surface area contributed by atoms with Crippen LogP contribution in [0.15, 0.2) is 67.0 Å². The molecule has 0 unspecified atom stereocenters. The number of aromatic nitrogens is 2. The normalized spacial score (nSPS) is 13.5. The lowest BCUT2D eigenvalue weighted by atomic mass is 10.1. The molecular formula is C25H20N4O4S. The lowest BCUT2D eigenvalue weighted by Gasteiger charge is -2.20. The molecule has 170 valence electrons. The maximum Gasteiger partial charge on any atom is 0.260 e. The Morgan fingerprint density at radius 2 is 1.85 bits per heavy atom. The summed E-state index contributed by atoms with van der Waals surface area (Å²) < 4.78 is 6.21. The number of rotatable bonds is 6. The van der Waals surface area contributed by atoms with Crippen molar-refractivity contribution in [2.75, 3.05) is 16.9 Å². The Hall–Kier alpha value is -4.11. The predicted molar refractivity (Wildman–Crippen MR) is 129 cm³/mol. The molecule has 34 heavy (non-hydrogen) atoms. The van der Waals surface area contributed by atoms with E-state index in [1.807, 2.05) is 30.3 Å². The Bertz CT molecular complexity index is 1370. The van der Waals surface area contributed by atoms with Gasteiger partial charge in [-0.3, -0.25) is 29.2 Å². The fraction of sp³-hybridized carbons (Fsp3) is 0.160. The summed E-state index contributed by atoms with van der Waals surface area (Å²) in [5.74, 6) is 0.00861. The van der Waals surface area contributed by atoms with Gasteiger partial charge < -0.3 is 4.74 Å². The SMILES string of the molecule is COc1ccc2nc(N(Cc3cccnc3)C(=O)c3ccc(N4C(=O)CCC4=O)cc3)sc2c1.